The van der Waals surface area contributed by atoms with Crippen LogP contribution in [0.5, 0.6) is 0 Å². The number of hydrogen-bond donors (Lipinski definition) is 0. The van der Waals surface area contributed by atoms with Crippen LogP contribution in [0.1, 0.15) is 35.4 Å². The summed E-state index contributed by atoms with van der Waals surface area (Å²) in [5.74, 6) is 0.609. The number of methoxy groups -OCH3 is 2. The van der Waals surface area contributed by atoms with Crippen molar-refractivity contribution < 1.29 is 19.0 Å². The normalized spacial score (nSPS) is 12.4. The van der Waals surface area contributed by atoms with Crippen LogP contribution in [0.15, 0.2) is 30.6 Å². The van der Waals surface area contributed by atoms with Gasteiger partial charge in [-0.25, -0.2) is 14.3 Å². The third kappa shape index (κ3) is 4.46. The number of carbonyl (C=O) groups is 1. The summed E-state index contributed by atoms with van der Waals surface area (Å²) in [6.45, 7) is 6.74. The van der Waals surface area contributed by atoms with Gasteiger partial charge in [0.05, 0.1) is 13.2 Å². The van der Waals surface area contributed by atoms with Crippen LogP contribution in [0.2, 0.25) is 0 Å². The maximum Gasteiger partial charge on any atom is 0.419 e. The van der Waals surface area contributed by atoms with Crippen molar-refractivity contribution in [1.82, 2.24) is 9.55 Å². The summed E-state index contributed by atoms with van der Waals surface area (Å²) in [4.78, 5) is 16.9. The summed E-state index contributed by atoms with van der Waals surface area (Å²) >= 11 is 0. The van der Waals surface area contributed by atoms with Gasteiger partial charge in [0, 0.05) is 32.5 Å². The molecule has 0 spiro atoms. The molecule has 6 nitrogen and oxygen atoms in total. The van der Waals surface area contributed by atoms with Crippen molar-refractivity contribution in [3.05, 3.63) is 53.1 Å². The third-order valence-electron chi connectivity index (χ3n) is 4.34. The number of aryl methyl sites for hydroxylation is 1. The number of nitrogens with zero attached hydrogens (tertiary/aromatic N) is 2. The summed E-state index contributed by atoms with van der Waals surface area (Å²) < 4.78 is 17.1. The Morgan fingerprint density at radius 3 is 2.52 bits per heavy atom. The lowest BCUT2D eigenvalue weighted by Crippen LogP contribution is -2.30. The van der Waals surface area contributed by atoms with Crippen LogP contribution < -0.4 is 0 Å². The van der Waals surface area contributed by atoms with Crippen molar-refractivity contribution >= 4 is 6.09 Å². The molecule has 0 radical (unpaired) electrons. The summed E-state index contributed by atoms with van der Waals surface area (Å²) in [7, 11) is 3.11. The van der Waals surface area contributed by atoms with Crippen molar-refractivity contribution in [3.63, 3.8) is 0 Å². The van der Waals surface area contributed by atoms with E-state index in [4.69, 9.17) is 14.2 Å². The van der Waals surface area contributed by atoms with Crippen LogP contribution >= 0.6 is 0 Å². The predicted molar refractivity (Wildman–Crippen MR) is 95.1 cm³/mol. The third-order valence-corrected chi connectivity index (χ3v) is 4.34. The first kappa shape index (κ1) is 19.1. The van der Waals surface area contributed by atoms with E-state index in [-0.39, 0.29) is 19.1 Å². The molecule has 0 amide bonds. The van der Waals surface area contributed by atoms with E-state index in [0.29, 0.717) is 5.82 Å². The molecule has 0 aliphatic rings. The molecule has 1 heterocycles. The van der Waals surface area contributed by atoms with E-state index in [0.717, 1.165) is 5.56 Å². The molecule has 0 saturated heterocycles. The molecule has 2 rings (SSSR count). The molecule has 1 atom stereocenters. The average molecular weight is 346 g/mol. The van der Waals surface area contributed by atoms with Gasteiger partial charge in [-0.2, -0.15) is 0 Å². The number of imidazole rings is 1. The Bertz CT molecular complexity index is 705. The Labute approximate surface area is 148 Å². The Kier molecular flexibility index (Phi) is 6.73. The van der Waals surface area contributed by atoms with Gasteiger partial charge in [0.1, 0.15) is 5.82 Å². The lowest BCUT2D eigenvalue weighted by molar-refractivity contribution is -0.00419. The van der Waals surface area contributed by atoms with Crippen LogP contribution in [0, 0.1) is 13.8 Å². The number of hydrogen-bond acceptors (Lipinski definition) is 5. The largest absolute Gasteiger partial charge is 0.441 e. The monoisotopic (exact) mass is 346 g/mol. The lowest BCUT2D eigenvalue weighted by Gasteiger charge is -2.19. The zero-order valence-corrected chi connectivity index (χ0v) is 15.5. The second-order valence-electron chi connectivity index (χ2n) is 6.08. The average Bonchev–Trinajstić information content (AvgIpc) is 3.07. The molecule has 136 valence electrons. The standard InChI is InChI=1S/C19H26N2O4/c1-13-7-6-8-17(14(13)2)15(3)18-20-9-10-21(18)19(22)25-16(11-23-4)12-24-5/h6-10,15-16H,11-12H2,1-5H3/t15-/m0/s1. The van der Waals surface area contributed by atoms with E-state index in [1.54, 1.807) is 26.6 Å². The minimum atomic E-state index is -0.483. The highest BCUT2D eigenvalue weighted by atomic mass is 16.6. The molecular formula is C19H26N2O4. The Hall–Kier alpha value is -2.18. The van der Waals surface area contributed by atoms with Gasteiger partial charge in [-0.3, -0.25) is 0 Å². The van der Waals surface area contributed by atoms with Crippen molar-refractivity contribution in [2.24, 2.45) is 0 Å². The van der Waals surface area contributed by atoms with Gasteiger partial charge in [0.25, 0.3) is 0 Å². The summed E-state index contributed by atoms with van der Waals surface area (Å²) in [6, 6.07) is 6.16. The molecule has 1 aromatic heterocycles. The van der Waals surface area contributed by atoms with Crippen molar-refractivity contribution in [1.29, 1.82) is 0 Å². The second kappa shape index (κ2) is 8.78. The number of rotatable bonds is 7. The van der Waals surface area contributed by atoms with Gasteiger partial charge in [-0.15, -0.1) is 0 Å². The first-order chi connectivity index (χ1) is 12.0. The highest BCUT2D eigenvalue weighted by Crippen LogP contribution is 2.27. The highest BCUT2D eigenvalue weighted by molar-refractivity contribution is 5.71. The van der Waals surface area contributed by atoms with Crippen molar-refractivity contribution in [2.75, 3.05) is 27.4 Å². The highest BCUT2D eigenvalue weighted by Gasteiger charge is 2.23. The maximum absolute atomic E-state index is 12.6. The molecule has 1 aromatic carbocycles. The molecule has 0 bridgehead atoms. The summed E-state index contributed by atoms with van der Waals surface area (Å²) in [6.07, 6.45) is 2.29. The first-order valence-corrected chi connectivity index (χ1v) is 8.27. The predicted octanol–water partition coefficient (Wildman–Crippen LogP) is 3.30. The quantitative estimate of drug-likeness (QED) is 0.770. The molecule has 25 heavy (non-hydrogen) atoms. The van der Waals surface area contributed by atoms with Gasteiger partial charge in [-0.1, -0.05) is 25.1 Å². The van der Waals surface area contributed by atoms with E-state index in [9.17, 15) is 4.79 Å². The second-order valence-corrected chi connectivity index (χ2v) is 6.08. The van der Waals surface area contributed by atoms with E-state index in [1.165, 1.54) is 15.7 Å². The fourth-order valence-electron chi connectivity index (χ4n) is 2.86. The van der Waals surface area contributed by atoms with Crippen LogP contribution in [-0.4, -0.2) is 49.2 Å². The molecule has 0 aliphatic heterocycles. The number of ether oxygens (including phenoxy) is 3. The number of carbonyl (C=O) groups excluding carboxylic acids is 1. The summed E-state index contributed by atoms with van der Waals surface area (Å²) in [5.41, 5.74) is 3.56. The number of aromatic nitrogens is 2. The molecule has 0 unspecified atom stereocenters. The minimum absolute atomic E-state index is 0.0363. The summed E-state index contributed by atoms with van der Waals surface area (Å²) in [5, 5.41) is 0. The van der Waals surface area contributed by atoms with E-state index >= 15 is 0 Å². The van der Waals surface area contributed by atoms with Gasteiger partial charge < -0.3 is 14.2 Å². The maximum atomic E-state index is 12.6. The minimum Gasteiger partial charge on any atom is -0.441 e. The molecule has 2 aromatic rings. The fraction of sp³-hybridized carbons (Fsp3) is 0.474. The molecule has 0 fully saturated rings. The first-order valence-electron chi connectivity index (χ1n) is 8.27. The van der Waals surface area contributed by atoms with Crippen LogP contribution in [-0.2, 0) is 14.2 Å². The van der Waals surface area contributed by atoms with Crippen LogP contribution in [0.3, 0.4) is 0 Å². The van der Waals surface area contributed by atoms with Gasteiger partial charge >= 0.3 is 6.09 Å². The molecule has 0 N–H and O–H groups in total. The molecular weight excluding hydrogens is 320 g/mol. The smallest absolute Gasteiger partial charge is 0.419 e. The molecule has 0 aliphatic carbocycles. The van der Waals surface area contributed by atoms with Gasteiger partial charge in [0.2, 0.25) is 0 Å². The van der Waals surface area contributed by atoms with Crippen molar-refractivity contribution in [3.8, 4) is 0 Å². The SMILES string of the molecule is COCC(COC)OC(=O)n1ccnc1[C@@H](C)c1cccc(C)c1C. The van der Waals surface area contributed by atoms with E-state index in [1.807, 2.05) is 13.0 Å². The Morgan fingerprint density at radius 2 is 1.88 bits per heavy atom. The zero-order valence-electron chi connectivity index (χ0n) is 15.5. The van der Waals surface area contributed by atoms with E-state index < -0.39 is 12.2 Å². The Balaban J connectivity index is 2.24. The fourth-order valence-corrected chi connectivity index (χ4v) is 2.86. The molecule has 6 heteroatoms. The Morgan fingerprint density at radius 1 is 1.20 bits per heavy atom. The lowest BCUT2D eigenvalue weighted by atomic mass is 9.93. The van der Waals surface area contributed by atoms with Gasteiger partial charge in [0.15, 0.2) is 6.10 Å². The van der Waals surface area contributed by atoms with Crippen molar-refractivity contribution in [2.45, 2.75) is 32.8 Å². The zero-order chi connectivity index (χ0) is 18.4. The van der Waals surface area contributed by atoms with Crippen LogP contribution in [0.25, 0.3) is 0 Å². The molecule has 0 saturated carbocycles. The van der Waals surface area contributed by atoms with E-state index in [2.05, 4.69) is 31.0 Å². The topological polar surface area (TPSA) is 62.6 Å². The number of benzene rings is 1. The van der Waals surface area contributed by atoms with Crippen LogP contribution in [0.4, 0.5) is 4.79 Å². The van der Waals surface area contributed by atoms with Gasteiger partial charge in [-0.05, 0) is 30.5 Å².